The van der Waals surface area contributed by atoms with Gasteiger partial charge in [-0.1, -0.05) is 17.4 Å². The van der Waals surface area contributed by atoms with Gasteiger partial charge in [0.25, 0.3) is 5.91 Å². The van der Waals surface area contributed by atoms with Crippen molar-refractivity contribution in [3.8, 4) is 5.75 Å². The van der Waals surface area contributed by atoms with Gasteiger partial charge in [-0.2, -0.15) is 10.1 Å². The molecule has 0 saturated heterocycles. The lowest BCUT2D eigenvalue weighted by Crippen LogP contribution is -2.25. The molecule has 0 N–H and O–H groups in total. The van der Waals surface area contributed by atoms with Crippen molar-refractivity contribution in [3.63, 3.8) is 0 Å². The van der Waals surface area contributed by atoms with Crippen LogP contribution in [0.15, 0.2) is 70.4 Å². The van der Waals surface area contributed by atoms with E-state index in [9.17, 15) is 9.18 Å². The summed E-state index contributed by atoms with van der Waals surface area (Å²) in [7, 11) is 1.53. The van der Waals surface area contributed by atoms with Gasteiger partial charge in [0, 0.05) is 5.56 Å². The van der Waals surface area contributed by atoms with E-state index < -0.39 is 5.91 Å². The van der Waals surface area contributed by atoms with Crippen LogP contribution < -0.4 is 9.75 Å². The van der Waals surface area contributed by atoms with Gasteiger partial charge in [-0.15, -0.1) is 0 Å². The SMILES string of the molecule is COc1cccc(C(=O)N(/N=C/c2ccco2)c2nc3ccc(F)cc3s2)c1. The van der Waals surface area contributed by atoms with Crippen LogP contribution in [0.4, 0.5) is 9.52 Å². The Hall–Kier alpha value is -3.52. The second-order valence-corrected chi connectivity index (χ2v) is 6.73. The van der Waals surface area contributed by atoms with Gasteiger partial charge in [-0.3, -0.25) is 4.79 Å². The second-order valence-electron chi connectivity index (χ2n) is 5.72. The molecule has 0 saturated carbocycles. The average molecular weight is 395 g/mol. The van der Waals surface area contributed by atoms with Crippen LogP contribution in [0.3, 0.4) is 0 Å². The van der Waals surface area contributed by atoms with Crippen molar-refractivity contribution in [2.24, 2.45) is 5.10 Å². The molecule has 28 heavy (non-hydrogen) atoms. The summed E-state index contributed by atoms with van der Waals surface area (Å²) in [5.41, 5.74) is 0.958. The first-order valence-corrected chi connectivity index (χ1v) is 9.08. The molecule has 0 aliphatic carbocycles. The van der Waals surface area contributed by atoms with Gasteiger partial charge < -0.3 is 9.15 Å². The van der Waals surface area contributed by atoms with Crippen molar-refractivity contribution >= 4 is 38.8 Å². The molecule has 0 spiro atoms. The first-order chi connectivity index (χ1) is 13.6. The number of carbonyl (C=O) groups is 1. The molecule has 4 rings (SSSR count). The van der Waals surface area contributed by atoms with E-state index in [0.717, 1.165) is 0 Å². The number of nitrogens with zero attached hydrogens (tertiary/aromatic N) is 3. The minimum atomic E-state index is -0.402. The topological polar surface area (TPSA) is 67.9 Å². The molecule has 2 aromatic heterocycles. The van der Waals surface area contributed by atoms with Gasteiger partial charge in [0.05, 0.1) is 29.8 Å². The van der Waals surface area contributed by atoms with E-state index in [0.29, 0.717) is 32.4 Å². The fraction of sp³-hybridized carbons (Fsp3) is 0.0500. The Labute approximate surface area is 163 Å². The molecular weight excluding hydrogens is 381 g/mol. The summed E-state index contributed by atoms with van der Waals surface area (Å²) < 4.78 is 24.6. The van der Waals surface area contributed by atoms with Gasteiger partial charge in [0.1, 0.15) is 17.3 Å². The number of amides is 1. The fourth-order valence-electron chi connectivity index (χ4n) is 2.52. The first kappa shape index (κ1) is 17.9. The maximum absolute atomic E-state index is 13.5. The number of anilines is 1. The molecule has 0 bridgehead atoms. The number of methoxy groups -OCH3 is 1. The Morgan fingerprint density at radius 1 is 1.25 bits per heavy atom. The van der Waals surface area contributed by atoms with E-state index in [1.54, 1.807) is 42.5 Å². The van der Waals surface area contributed by atoms with Gasteiger partial charge in [0.15, 0.2) is 0 Å². The van der Waals surface area contributed by atoms with E-state index >= 15 is 0 Å². The lowest BCUT2D eigenvalue weighted by molar-refractivity contribution is 0.0987. The molecule has 0 atom stereocenters. The predicted octanol–water partition coefficient (Wildman–Crippen LogP) is 4.72. The third-order valence-electron chi connectivity index (χ3n) is 3.87. The zero-order valence-electron chi connectivity index (χ0n) is 14.7. The molecule has 2 aromatic carbocycles. The predicted molar refractivity (Wildman–Crippen MR) is 106 cm³/mol. The van der Waals surface area contributed by atoms with Crippen LogP contribution in [0.25, 0.3) is 10.2 Å². The highest BCUT2D eigenvalue weighted by Crippen LogP contribution is 2.31. The van der Waals surface area contributed by atoms with Crippen molar-refractivity contribution in [1.82, 2.24) is 4.98 Å². The van der Waals surface area contributed by atoms with Crippen LogP contribution >= 0.6 is 11.3 Å². The molecule has 0 aliphatic heterocycles. The van der Waals surface area contributed by atoms with Gasteiger partial charge in [-0.05, 0) is 48.5 Å². The summed E-state index contributed by atoms with van der Waals surface area (Å²) in [4.78, 5) is 17.6. The molecular formula is C20H14FN3O3S. The smallest absolute Gasteiger partial charge is 0.280 e. The van der Waals surface area contributed by atoms with Gasteiger partial charge >= 0.3 is 0 Å². The lowest BCUT2D eigenvalue weighted by atomic mass is 10.2. The molecule has 1 amide bonds. The largest absolute Gasteiger partial charge is 0.497 e. The minimum absolute atomic E-state index is 0.316. The summed E-state index contributed by atoms with van der Waals surface area (Å²) in [6, 6.07) is 14.4. The number of furan rings is 1. The van der Waals surface area contributed by atoms with E-state index in [2.05, 4.69) is 10.1 Å². The maximum atomic E-state index is 13.5. The normalized spacial score (nSPS) is 11.2. The Morgan fingerprint density at radius 3 is 2.93 bits per heavy atom. The number of benzene rings is 2. The number of halogens is 1. The van der Waals surface area contributed by atoms with Crippen LogP contribution in [0.1, 0.15) is 16.1 Å². The van der Waals surface area contributed by atoms with E-state index in [-0.39, 0.29) is 5.82 Å². The average Bonchev–Trinajstić information content (AvgIpc) is 3.37. The number of carbonyl (C=O) groups excluding carboxylic acids is 1. The number of thiazole rings is 1. The molecule has 2 heterocycles. The van der Waals surface area contributed by atoms with Crippen molar-refractivity contribution in [2.45, 2.75) is 0 Å². The highest BCUT2D eigenvalue weighted by atomic mass is 32.1. The van der Waals surface area contributed by atoms with Crippen LogP contribution in [0, 0.1) is 5.82 Å². The van der Waals surface area contributed by atoms with Crippen molar-refractivity contribution in [1.29, 1.82) is 0 Å². The summed E-state index contributed by atoms with van der Waals surface area (Å²) >= 11 is 1.17. The third kappa shape index (κ3) is 3.63. The van der Waals surface area contributed by atoms with Crippen molar-refractivity contribution < 1.29 is 18.3 Å². The molecule has 8 heteroatoms. The van der Waals surface area contributed by atoms with Crippen LogP contribution in [0.5, 0.6) is 5.75 Å². The Morgan fingerprint density at radius 2 is 2.14 bits per heavy atom. The fourth-order valence-corrected chi connectivity index (χ4v) is 3.47. The maximum Gasteiger partial charge on any atom is 0.280 e. The molecule has 140 valence electrons. The van der Waals surface area contributed by atoms with Crippen molar-refractivity contribution in [2.75, 3.05) is 12.1 Å². The number of ether oxygens (including phenoxy) is 1. The van der Waals surface area contributed by atoms with Crippen LogP contribution in [-0.2, 0) is 0 Å². The second kappa shape index (κ2) is 7.61. The minimum Gasteiger partial charge on any atom is -0.497 e. The van der Waals surface area contributed by atoms with E-state index in [1.807, 2.05) is 0 Å². The third-order valence-corrected chi connectivity index (χ3v) is 4.87. The Balaban J connectivity index is 1.76. The molecule has 4 aromatic rings. The Bertz CT molecular complexity index is 1150. The molecule has 0 unspecified atom stereocenters. The summed E-state index contributed by atoms with van der Waals surface area (Å²) in [5.74, 6) is 0.261. The van der Waals surface area contributed by atoms with Crippen LogP contribution in [-0.4, -0.2) is 24.2 Å². The molecule has 0 aliphatic rings. The number of aromatic nitrogens is 1. The zero-order valence-corrected chi connectivity index (χ0v) is 15.5. The highest BCUT2D eigenvalue weighted by Gasteiger charge is 2.21. The summed E-state index contributed by atoms with van der Waals surface area (Å²) in [6.45, 7) is 0. The number of hydrogen-bond acceptors (Lipinski definition) is 6. The lowest BCUT2D eigenvalue weighted by Gasteiger charge is -2.14. The summed E-state index contributed by atoms with van der Waals surface area (Å²) in [6.07, 6.45) is 2.93. The molecule has 0 radical (unpaired) electrons. The highest BCUT2D eigenvalue weighted by molar-refractivity contribution is 7.22. The molecule has 6 nitrogen and oxygen atoms in total. The number of fused-ring (bicyclic) bond motifs is 1. The first-order valence-electron chi connectivity index (χ1n) is 8.26. The number of hydrazone groups is 1. The number of rotatable bonds is 5. The van der Waals surface area contributed by atoms with Crippen molar-refractivity contribution in [3.05, 3.63) is 78.0 Å². The monoisotopic (exact) mass is 395 g/mol. The van der Waals surface area contributed by atoms with Crippen LogP contribution in [0.2, 0.25) is 0 Å². The molecule has 0 fully saturated rings. The van der Waals surface area contributed by atoms with E-state index in [4.69, 9.17) is 9.15 Å². The van der Waals surface area contributed by atoms with Gasteiger partial charge in [-0.25, -0.2) is 9.37 Å². The Kier molecular flexibility index (Phi) is 4.86. The standard InChI is InChI=1S/C20H14FN3O3S/c1-26-15-5-2-4-13(10-15)19(25)24(22-12-16-6-3-9-27-16)20-23-17-8-7-14(21)11-18(17)28-20/h2-12H,1H3/b22-12+. The quantitative estimate of drug-likeness (QED) is 0.362. The van der Waals surface area contributed by atoms with Gasteiger partial charge in [0.2, 0.25) is 5.13 Å². The zero-order chi connectivity index (χ0) is 19.5. The van der Waals surface area contributed by atoms with E-state index in [1.165, 1.54) is 48.1 Å². The number of hydrogen-bond donors (Lipinski definition) is 0. The summed E-state index contributed by atoms with van der Waals surface area (Å²) in [5, 5.41) is 5.75.